The van der Waals surface area contributed by atoms with E-state index < -0.39 is 0 Å². The first-order valence-electron chi connectivity index (χ1n) is 6.09. The van der Waals surface area contributed by atoms with Gasteiger partial charge in [-0.1, -0.05) is 0 Å². The van der Waals surface area contributed by atoms with E-state index in [1.807, 2.05) is 0 Å². The van der Waals surface area contributed by atoms with Crippen molar-refractivity contribution in [2.24, 2.45) is 11.3 Å². The van der Waals surface area contributed by atoms with Crippen molar-refractivity contribution in [3.05, 3.63) is 12.7 Å². The van der Waals surface area contributed by atoms with Crippen LogP contribution in [-0.2, 0) is 0 Å². The summed E-state index contributed by atoms with van der Waals surface area (Å²) >= 11 is 0.782. The molecule has 15 heavy (non-hydrogen) atoms. The van der Waals surface area contributed by atoms with E-state index in [0.717, 1.165) is 20.9 Å². The van der Waals surface area contributed by atoms with Gasteiger partial charge >= 0.3 is 102 Å². The fourth-order valence-electron chi connectivity index (χ4n) is 2.76. The van der Waals surface area contributed by atoms with Crippen molar-refractivity contribution in [1.82, 2.24) is 0 Å². The van der Waals surface area contributed by atoms with Crippen LogP contribution in [0.5, 0.6) is 0 Å². The Morgan fingerprint density at radius 3 is 2.20 bits per heavy atom. The molecule has 0 radical (unpaired) electrons. The zero-order valence-corrected chi connectivity index (χ0v) is 12.5. The van der Waals surface area contributed by atoms with Crippen LogP contribution in [0.25, 0.3) is 0 Å². The molecule has 0 N–H and O–H groups in total. The molecule has 0 heterocycles. The van der Waals surface area contributed by atoms with Gasteiger partial charge in [0.25, 0.3) is 0 Å². The molecule has 0 aromatic heterocycles. The molecule has 0 bridgehead atoms. The number of rotatable bonds is 3. The van der Waals surface area contributed by atoms with Crippen molar-refractivity contribution >= 4 is 15.0 Å². The van der Waals surface area contributed by atoms with E-state index in [1.165, 1.54) is 32.1 Å². The molecule has 1 fully saturated rings. The summed E-state index contributed by atoms with van der Waals surface area (Å²) < 4.78 is 0.663. The Hall–Kier alpha value is 0.259. The van der Waals surface area contributed by atoms with Gasteiger partial charge in [0.05, 0.1) is 0 Å². The Labute approximate surface area is 102 Å². The van der Waals surface area contributed by atoms with Crippen LogP contribution in [0.15, 0.2) is 12.7 Å². The molecular formula is C14H26Se. The van der Waals surface area contributed by atoms with Crippen molar-refractivity contribution in [1.29, 1.82) is 0 Å². The first-order valence-corrected chi connectivity index (χ1v) is 8.66. The van der Waals surface area contributed by atoms with Gasteiger partial charge in [-0.05, 0) is 0 Å². The Morgan fingerprint density at radius 2 is 1.87 bits per heavy atom. The van der Waals surface area contributed by atoms with E-state index in [1.54, 1.807) is 0 Å². The van der Waals surface area contributed by atoms with Gasteiger partial charge in [-0.2, -0.15) is 0 Å². The van der Waals surface area contributed by atoms with Crippen LogP contribution in [0.1, 0.15) is 52.9 Å². The zero-order valence-electron chi connectivity index (χ0n) is 10.8. The SMILES string of the molecule is C=CCC1([Se]C)CCC(C(C)(C)C)CC1. The summed E-state index contributed by atoms with van der Waals surface area (Å²) in [6.07, 6.45) is 9.15. The molecule has 0 aromatic rings. The molecule has 0 unspecified atom stereocenters. The Bertz CT molecular complexity index is 204. The molecule has 0 aliphatic heterocycles. The van der Waals surface area contributed by atoms with Gasteiger partial charge in [0, 0.05) is 0 Å². The van der Waals surface area contributed by atoms with Crippen LogP contribution < -0.4 is 0 Å². The van der Waals surface area contributed by atoms with Crippen LogP contribution in [0, 0.1) is 11.3 Å². The number of hydrogen-bond acceptors (Lipinski definition) is 0. The second kappa shape index (κ2) is 5.06. The molecule has 1 rings (SSSR count). The fraction of sp³-hybridized carbons (Fsp3) is 0.857. The van der Waals surface area contributed by atoms with Gasteiger partial charge in [-0.3, -0.25) is 0 Å². The van der Waals surface area contributed by atoms with Crippen LogP contribution in [-0.4, -0.2) is 15.0 Å². The third-order valence-electron chi connectivity index (χ3n) is 4.07. The molecule has 1 saturated carbocycles. The summed E-state index contributed by atoms with van der Waals surface area (Å²) in [4.78, 5) is 0. The molecule has 0 nitrogen and oxygen atoms in total. The first-order chi connectivity index (χ1) is 6.93. The van der Waals surface area contributed by atoms with Gasteiger partial charge in [0.1, 0.15) is 0 Å². The van der Waals surface area contributed by atoms with E-state index in [2.05, 4.69) is 39.2 Å². The van der Waals surface area contributed by atoms with Crippen molar-refractivity contribution in [3.8, 4) is 0 Å². The van der Waals surface area contributed by atoms with E-state index in [4.69, 9.17) is 0 Å². The standard InChI is InChI=1S/C14H26Se/c1-6-9-14(15-5)10-7-12(8-11-14)13(2,3)4/h6,12H,1,7-11H2,2-5H3. The quantitative estimate of drug-likeness (QED) is 0.516. The third-order valence-corrected chi connectivity index (χ3v) is 7.09. The summed E-state index contributed by atoms with van der Waals surface area (Å²) in [6.45, 7) is 11.1. The van der Waals surface area contributed by atoms with Crippen molar-refractivity contribution in [2.45, 2.75) is 63.0 Å². The fourth-order valence-corrected chi connectivity index (χ4v) is 4.71. The zero-order chi connectivity index (χ0) is 11.5. The second-order valence-electron chi connectivity index (χ2n) is 6.02. The third kappa shape index (κ3) is 3.36. The summed E-state index contributed by atoms with van der Waals surface area (Å²) in [5.74, 6) is 3.35. The van der Waals surface area contributed by atoms with Crippen LogP contribution in [0.4, 0.5) is 0 Å². The Kier molecular flexibility index (Phi) is 4.49. The van der Waals surface area contributed by atoms with E-state index >= 15 is 0 Å². The van der Waals surface area contributed by atoms with Gasteiger partial charge < -0.3 is 0 Å². The predicted octanol–water partition coefficient (Wildman–Crippen LogP) is 4.71. The van der Waals surface area contributed by atoms with Gasteiger partial charge in [0.2, 0.25) is 0 Å². The molecule has 0 saturated heterocycles. The summed E-state index contributed by atoms with van der Waals surface area (Å²) in [5.41, 5.74) is 0.515. The number of allylic oxidation sites excluding steroid dienone is 1. The van der Waals surface area contributed by atoms with Crippen LogP contribution in [0.3, 0.4) is 0 Å². The molecule has 1 aliphatic rings. The molecule has 0 spiro atoms. The molecular weight excluding hydrogens is 247 g/mol. The molecule has 1 aliphatic carbocycles. The number of hydrogen-bond donors (Lipinski definition) is 0. The average Bonchev–Trinajstić information content (AvgIpc) is 2.17. The second-order valence-corrected chi connectivity index (χ2v) is 8.69. The van der Waals surface area contributed by atoms with Crippen LogP contribution in [0.2, 0.25) is 10.1 Å². The molecule has 0 aromatic carbocycles. The van der Waals surface area contributed by atoms with Gasteiger partial charge in [0.15, 0.2) is 0 Å². The average molecular weight is 273 g/mol. The normalized spacial score (nSPS) is 32.7. The van der Waals surface area contributed by atoms with Gasteiger partial charge in [-0.25, -0.2) is 0 Å². The minimum atomic E-state index is 0.515. The molecule has 0 amide bonds. The summed E-state index contributed by atoms with van der Waals surface area (Å²) in [7, 11) is 0. The monoisotopic (exact) mass is 274 g/mol. The maximum atomic E-state index is 3.93. The Balaban J connectivity index is 2.57. The maximum absolute atomic E-state index is 3.93. The topological polar surface area (TPSA) is 0 Å². The van der Waals surface area contributed by atoms with Gasteiger partial charge in [-0.15, -0.1) is 0 Å². The van der Waals surface area contributed by atoms with Crippen molar-refractivity contribution in [2.75, 3.05) is 0 Å². The minimum absolute atomic E-state index is 0.515. The molecule has 0 atom stereocenters. The first kappa shape index (κ1) is 13.3. The van der Waals surface area contributed by atoms with E-state index in [9.17, 15) is 0 Å². The van der Waals surface area contributed by atoms with Crippen molar-refractivity contribution in [3.63, 3.8) is 0 Å². The molecule has 1 heteroatoms. The molecule has 88 valence electrons. The van der Waals surface area contributed by atoms with Crippen LogP contribution >= 0.6 is 0 Å². The van der Waals surface area contributed by atoms with Crippen molar-refractivity contribution < 1.29 is 0 Å². The summed E-state index contributed by atoms with van der Waals surface area (Å²) in [6, 6.07) is 0. The predicted molar refractivity (Wildman–Crippen MR) is 70.5 cm³/mol. The van der Waals surface area contributed by atoms with E-state index in [0.29, 0.717) is 9.73 Å². The van der Waals surface area contributed by atoms with E-state index in [-0.39, 0.29) is 0 Å². The Morgan fingerprint density at radius 1 is 1.33 bits per heavy atom. The summed E-state index contributed by atoms with van der Waals surface area (Å²) in [5, 5.41) is 0.